The number of alkyl halides is 1. The third-order valence-corrected chi connectivity index (χ3v) is 3.94. The number of ether oxygens (including phenoxy) is 1. The number of halogens is 2. The van der Waals surface area contributed by atoms with Gasteiger partial charge in [-0.05, 0) is 39.5 Å². The van der Waals surface area contributed by atoms with Crippen LogP contribution in [-0.2, 0) is 10.1 Å². The second kappa shape index (κ2) is 8.18. The molecule has 4 heteroatoms. The van der Waals surface area contributed by atoms with Gasteiger partial charge in [0.1, 0.15) is 0 Å². The summed E-state index contributed by atoms with van der Waals surface area (Å²) in [6, 6.07) is 6.51. The Morgan fingerprint density at radius 3 is 2.56 bits per heavy atom. The zero-order chi connectivity index (χ0) is 13.5. The molecule has 0 saturated heterocycles. The summed E-state index contributed by atoms with van der Waals surface area (Å²) in [5.41, 5.74) is 2.52. The summed E-state index contributed by atoms with van der Waals surface area (Å²) in [6.45, 7) is 7.18. The normalized spacial score (nSPS) is 11.0. The molecule has 0 saturated carbocycles. The topological polar surface area (TPSA) is 12.5 Å². The van der Waals surface area contributed by atoms with Crippen LogP contribution in [0.3, 0.4) is 0 Å². The largest absolute Gasteiger partial charge is 0.383 e. The molecule has 0 spiro atoms. The van der Waals surface area contributed by atoms with Crippen LogP contribution in [-0.4, -0.2) is 26.8 Å². The van der Waals surface area contributed by atoms with Crippen LogP contribution in [0, 0.1) is 5.92 Å². The average molecular weight is 379 g/mol. The van der Waals surface area contributed by atoms with Crippen molar-refractivity contribution in [3.05, 3.63) is 28.2 Å². The fourth-order valence-electron chi connectivity index (χ4n) is 1.84. The Morgan fingerprint density at radius 1 is 1.33 bits per heavy atom. The molecule has 0 atom stereocenters. The molecule has 102 valence electrons. The lowest BCUT2D eigenvalue weighted by atomic mass is 10.1. The maximum atomic E-state index is 5.20. The first-order chi connectivity index (χ1) is 8.58. The number of benzene rings is 1. The first-order valence-electron chi connectivity index (χ1n) is 6.16. The molecule has 0 fully saturated rings. The van der Waals surface area contributed by atoms with E-state index in [2.05, 4.69) is 68.8 Å². The van der Waals surface area contributed by atoms with Gasteiger partial charge in [0.25, 0.3) is 0 Å². The summed E-state index contributed by atoms with van der Waals surface area (Å²) < 4.78 is 6.34. The monoisotopic (exact) mass is 377 g/mol. The Bertz CT molecular complexity index is 369. The molecule has 0 N–H and O–H groups in total. The van der Waals surface area contributed by atoms with Crippen molar-refractivity contribution >= 4 is 37.5 Å². The Kier molecular flexibility index (Phi) is 7.27. The van der Waals surface area contributed by atoms with Crippen LogP contribution in [0.4, 0.5) is 5.69 Å². The van der Waals surface area contributed by atoms with E-state index in [1.165, 1.54) is 11.3 Å². The van der Waals surface area contributed by atoms with E-state index >= 15 is 0 Å². The Labute approximate surface area is 127 Å². The van der Waals surface area contributed by atoms with Crippen molar-refractivity contribution in [1.82, 2.24) is 0 Å². The van der Waals surface area contributed by atoms with Crippen LogP contribution < -0.4 is 4.90 Å². The third kappa shape index (κ3) is 4.90. The van der Waals surface area contributed by atoms with E-state index in [-0.39, 0.29) is 0 Å². The minimum atomic E-state index is 0.629. The van der Waals surface area contributed by atoms with Gasteiger partial charge in [0.15, 0.2) is 0 Å². The molecule has 0 radical (unpaired) electrons. The van der Waals surface area contributed by atoms with Gasteiger partial charge in [-0.25, -0.2) is 0 Å². The molecule has 2 nitrogen and oxygen atoms in total. The van der Waals surface area contributed by atoms with Crippen molar-refractivity contribution in [1.29, 1.82) is 0 Å². The lowest BCUT2D eigenvalue weighted by Crippen LogP contribution is -2.31. The van der Waals surface area contributed by atoms with E-state index in [0.717, 1.165) is 29.5 Å². The zero-order valence-corrected chi connectivity index (χ0v) is 14.4. The first-order valence-corrected chi connectivity index (χ1v) is 8.08. The molecule has 1 aromatic carbocycles. The van der Waals surface area contributed by atoms with E-state index in [1.807, 2.05) is 0 Å². The van der Waals surface area contributed by atoms with E-state index in [0.29, 0.717) is 5.92 Å². The first kappa shape index (κ1) is 16.0. The van der Waals surface area contributed by atoms with Crippen molar-refractivity contribution < 1.29 is 4.74 Å². The van der Waals surface area contributed by atoms with Crippen molar-refractivity contribution in [2.75, 3.05) is 31.7 Å². The van der Waals surface area contributed by atoms with Crippen LogP contribution in [0.5, 0.6) is 0 Å². The second-order valence-electron chi connectivity index (χ2n) is 4.75. The van der Waals surface area contributed by atoms with Gasteiger partial charge < -0.3 is 9.64 Å². The quantitative estimate of drug-likeness (QED) is 0.649. The Morgan fingerprint density at radius 2 is 2.06 bits per heavy atom. The molecule has 1 rings (SSSR count). The van der Waals surface area contributed by atoms with Crippen LogP contribution >= 0.6 is 31.9 Å². The van der Waals surface area contributed by atoms with Crippen molar-refractivity contribution in [2.45, 2.75) is 19.2 Å². The summed E-state index contributed by atoms with van der Waals surface area (Å²) in [5.74, 6) is 0.629. The SMILES string of the molecule is COCCN(CC(C)C)c1ccc(CBr)cc1Br. The summed E-state index contributed by atoms with van der Waals surface area (Å²) >= 11 is 7.15. The molecule has 18 heavy (non-hydrogen) atoms. The lowest BCUT2D eigenvalue weighted by molar-refractivity contribution is 0.204. The van der Waals surface area contributed by atoms with Gasteiger partial charge in [-0.2, -0.15) is 0 Å². The number of hydrogen-bond acceptors (Lipinski definition) is 2. The predicted molar refractivity (Wildman–Crippen MR) is 85.7 cm³/mol. The molecule has 0 aromatic heterocycles. The van der Waals surface area contributed by atoms with E-state index in [1.54, 1.807) is 7.11 Å². The highest BCUT2D eigenvalue weighted by atomic mass is 79.9. The minimum absolute atomic E-state index is 0.629. The highest BCUT2D eigenvalue weighted by Gasteiger charge is 2.12. The van der Waals surface area contributed by atoms with Gasteiger partial charge in [-0.3, -0.25) is 0 Å². The second-order valence-corrected chi connectivity index (χ2v) is 6.17. The third-order valence-electron chi connectivity index (χ3n) is 2.66. The fraction of sp³-hybridized carbons (Fsp3) is 0.571. The Hall–Kier alpha value is -0.0600. The summed E-state index contributed by atoms with van der Waals surface area (Å²) in [6.07, 6.45) is 0. The average Bonchev–Trinajstić information content (AvgIpc) is 2.34. The molecular weight excluding hydrogens is 358 g/mol. The zero-order valence-electron chi connectivity index (χ0n) is 11.2. The van der Waals surface area contributed by atoms with Gasteiger partial charge >= 0.3 is 0 Å². The number of rotatable bonds is 7. The fourth-order valence-corrected chi connectivity index (χ4v) is 2.87. The van der Waals surface area contributed by atoms with Crippen LogP contribution in [0.25, 0.3) is 0 Å². The molecule has 1 aromatic rings. The van der Waals surface area contributed by atoms with Gasteiger partial charge in [-0.1, -0.05) is 35.8 Å². The van der Waals surface area contributed by atoms with Crippen LogP contribution in [0.1, 0.15) is 19.4 Å². The molecule has 0 aliphatic heterocycles. The van der Waals surface area contributed by atoms with Crippen LogP contribution in [0.15, 0.2) is 22.7 Å². The minimum Gasteiger partial charge on any atom is -0.383 e. The molecule has 0 heterocycles. The van der Waals surface area contributed by atoms with E-state index in [4.69, 9.17) is 4.74 Å². The van der Waals surface area contributed by atoms with Crippen molar-refractivity contribution in [3.63, 3.8) is 0 Å². The highest BCUT2D eigenvalue weighted by Crippen LogP contribution is 2.28. The molecule has 0 aliphatic carbocycles. The molecular formula is C14H21Br2NO. The molecule has 0 bridgehead atoms. The maximum Gasteiger partial charge on any atom is 0.0637 e. The highest BCUT2D eigenvalue weighted by molar-refractivity contribution is 9.10. The maximum absolute atomic E-state index is 5.20. The van der Waals surface area contributed by atoms with Crippen molar-refractivity contribution in [2.24, 2.45) is 5.92 Å². The van der Waals surface area contributed by atoms with E-state index in [9.17, 15) is 0 Å². The number of anilines is 1. The summed E-state index contributed by atoms with van der Waals surface area (Å²) in [4.78, 5) is 2.37. The van der Waals surface area contributed by atoms with E-state index < -0.39 is 0 Å². The molecule has 0 aliphatic rings. The number of nitrogens with zero attached hydrogens (tertiary/aromatic N) is 1. The van der Waals surface area contributed by atoms with Crippen LogP contribution in [0.2, 0.25) is 0 Å². The van der Waals surface area contributed by atoms with Crippen molar-refractivity contribution in [3.8, 4) is 0 Å². The van der Waals surface area contributed by atoms with Gasteiger partial charge in [-0.15, -0.1) is 0 Å². The number of hydrogen-bond donors (Lipinski definition) is 0. The standard InChI is InChI=1S/C14H21Br2NO/c1-11(2)10-17(6-7-18-3)14-5-4-12(9-15)8-13(14)16/h4-5,8,11H,6-7,9-10H2,1-3H3. The van der Waals surface area contributed by atoms with Gasteiger partial charge in [0.2, 0.25) is 0 Å². The number of methoxy groups -OCH3 is 1. The molecule has 0 amide bonds. The predicted octanol–water partition coefficient (Wildman–Crippen LogP) is 4.45. The smallest absolute Gasteiger partial charge is 0.0637 e. The summed E-state index contributed by atoms with van der Waals surface area (Å²) in [5, 5.41) is 0.883. The summed E-state index contributed by atoms with van der Waals surface area (Å²) in [7, 11) is 1.75. The molecule has 0 unspecified atom stereocenters. The Balaban J connectivity index is 2.89. The van der Waals surface area contributed by atoms with Gasteiger partial charge in [0.05, 0.1) is 12.3 Å². The van der Waals surface area contributed by atoms with Gasteiger partial charge in [0, 0.05) is 30.0 Å². The lowest BCUT2D eigenvalue weighted by Gasteiger charge is -2.27.